The molecular formula is C28H23N5O. The third-order valence-electron chi connectivity index (χ3n) is 5.46. The van der Waals surface area contributed by atoms with E-state index in [-0.39, 0.29) is 5.88 Å². The maximum atomic E-state index is 11.0. The van der Waals surface area contributed by atoms with E-state index in [1.165, 1.54) is 0 Å². The highest BCUT2D eigenvalue weighted by Crippen LogP contribution is 2.31. The van der Waals surface area contributed by atoms with Crippen LogP contribution in [0.2, 0.25) is 0 Å². The lowest BCUT2D eigenvalue weighted by Gasteiger charge is -2.12. The number of H-pyrrole nitrogens is 1. The van der Waals surface area contributed by atoms with E-state index in [0.717, 1.165) is 22.2 Å². The van der Waals surface area contributed by atoms with Crippen molar-refractivity contribution in [2.24, 2.45) is 9.98 Å². The Kier molecular flexibility index (Phi) is 5.54. The number of nitrogens with one attached hydrogen (secondary N) is 1. The third kappa shape index (κ3) is 4.25. The van der Waals surface area contributed by atoms with E-state index in [2.05, 4.69) is 4.98 Å². The zero-order valence-electron chi connectivity index (χ0n) is 18.3. The monoisotopic (exact) mass is 445 g/mol. The Balaban J connectivity index is 1.81. The maximum absolute atomic E-state index is 11.0. The van der Waals surface area contributed by atoms with Crippen molar-refractivity contribution in [1.82, 2.24) is 4.98 Å². The molecule has 0 aliphatic heterocycles. The molecule has 0 saturated heterocycles. The zero-order valence-corrected chi connectivity index (χ0v) is 18.3. The Hall–Kier alpha value is -4.84. The van der Waals surface area contributed by atoms with Crippen LogP contribution in [0.25, 0.3) is 10.9 Å². The van der Waals surface area contributed by atoms with Crippen molar-refractivity contribution < 1.29 is 5.11 Å². The van der Waals surface area contributed by atoms with Crippen LogP contribution in [0.3, 0.4) is 0 Å². The van der Waals surface area contributed by atoms with Crippen molar-refractivity contribution in [3.05, 3.63) is 114 Å². The molecule has 166 valence electrons. The van der Waals surface area contributed by atoms with Crippen molar-refractivity contribution in [3.8, 4) is 5.88 Å². The molecule has 0 spiro atoms. The lowest BCUT2D eigenvalue weighted by atomic mass is 9.98. The maximum Gasteiger partial charge on any atom is 0.199 e. The van der Waals surface area contributed by atoms with Crippen LogP contribution in [0.5, 0.6) is 5.88 Å². The predicted octanol–water partition coefficient (Wildman–Crippen LogP) is 5.98. The van der Waals surface area contributed by atoms with Gasteiger partial charge in [-0.15, -0.1) is 0 Å². The van der Waals surface area contributed by atoms with Gasteiger partial charge in [0.2, 0.25) is 0 Å². The fraction of sp³-hybridized carbons (Fsp3) is 0. The molecule has 6 heteroatoms. The van der Waals surface area contributed by atoms with Crippen LogP contribution in [0, 0.1) is 0 Å². The van der Waals surface area contributed by atoms with Gasteiger partial charge < -0.3 is 21.6 Å². The Labute approximate surface area is 196 Å². The molecule has 1 aromatic heterocycles. The van der Waals surface area contributed by atoms with Crippen molar-refractivity contribution in [2.75, 3.05) is 11.5 Å². The molecule has 0 bridgehead atoms. The summed E-state index contributed by atoms with van der Waals surface area (Å²) in [6, 6.07) is 32.1. The number of anilines is 2. The second-order valence-corrected chi connectivity index (χ2v) is 7.86. The summed E-state index contributed by atoms with van der Waals surface area (Å²) >= 11 is 0. The SMILES string of the molecule is Nc1ccc(N=C(C(=Nc2ccc(N)cc2)c2c(O)[nH]c3ccccc23)c2ccccc2)cc1. The molecule has 0 amide bonds. The van der Waals surface area contributed by atoms with Gasteiger partial charge in [-0.3, -0.25) is 0 Å². The zero-order chi connectivity index (χ0) is 23.5. The van der Waals surface area contributed by atoms with E-state index in [0.29, 0.717) is 34.0 Å². The molecule has 5 aromatic rings. The van der Waals surface area contributed by atoms with Gasteiger partial charge in [-0.05, 0) is 54.6 Å². The molecule has 6 nitrogen and oxygen atoms in total. The Morgan fingerprint density at radius 3 is 1.76 bits per heavy atom. The Morgan fingerprint density at radius 2 is 1.15 bits per heavy atom. The van der Waals surface area contributed by atoms with Crippen LogP contribution < -0.4 is 11.5 Å². The highest BCUT2D eigenvalue weighted by atomic mass is 16.3. The van der Waals surface area contributed by atoms with Crippen LogP contribution in [-0.2, 0) is 0 Å². The summed E-state index contributed by atoms with van der Waals surface area (Å²) in [6.07, 6.45) is 0. The lowest BCUT2D eigenvalue weighted by Crippen LogP contribution is -2.17. The number of nitrogens with zero attached hydrogens (tertiary/aromatic N) is 2. The third-order valence-corrected chi connectivity index (χ3v) is 5.46. The van der Waals surface area contributed by atoms with Crippen molar-refractivity contribution in [1.29, 1.82) is 0 Å². The number of benzene rings is 4. The van der Waals surface area contributed by atoms with Crippen LogP contribution >= 0.6 is 0 Å². The molecular weight excluding hydrogens is 422 g/mol. The summed E-state index contributed by atoms with van der Waals surface area (Å²) in [4.78, 5) is 13.0. The quantitative estimate of drug-likeness (QED) is 0.197. The number of para-hydroxylation sites is 1. The lowest BCUT2D eigenvalue weighted by molar-refractivity contribution is 0.457. The summed E-state index contributed by atoms with van der Waals surface area (Å²) < 4.78 is 0. The first-order valence-corrected chi connectivity index (χ1v) is 10.8. The number of nitrogen functional groups attached to an aromatic ring is 2. The minimum absolute atomic E-state index is 0.0244. The van der Waals surface area contributed by atoms with Gasteiger partial charge in [-0.1, -0.05) is 48.5 Å². The standard InChI is InChI=1S/C28H23N5O/c29-19-10-14-21(15-11-19)31-26(18-6-2-1-3-7-18)27(32-22-16-12-20(30)13-17-22)25-23-8-4-5-9-24(23)33-28(25)34/h1-17,33-34H,29-30H2. The van der Waals surface area contributed by atoms with E-state index >= 15 is 0 Å². The minimum Gasteiger partial charge on any atom is -0.494 e. The van der Waals surface area contributed by atoms with Gasteiger partial charge in [0.25, 0.3) is 0 Å². The average molecular weight is 446 g/mol. The second-order valence-electron chi connectivity index (χ2n) is 7.86. The van der Waals surface area contributed by atoms with Gasteiger partial charge in [0.15, 0.2) is 5.88 Å². The Morgan fingerprint density at radius 1 is 0.618 bits per heavy atom. The first kappa shape index (κ1) is 21.0. The molecule has 5 rings (SSSR count). The first-order valence-electron chi connectivity index (χ1n) is 10.8. The number of aliphatic imine (C=N–C) groups is 2. The molecule has 6 N–H and O–H groups in total. The number of aromatic hydroxyl groups is 1. The topological polar surface area (TPSA) is 113 Å². The molecule has 34 heavy (non-hydrogen) atoms. The van der Waals surface area contributed by atoms with E-state index in [1.54, 1.807) is 24.3 Å². The van der Waals surface area contributed by atoms with Gasteiger partial charge in [-0.2, -0.15) is 0 Å². The average Bonchev–Trinajstić information content (AvgIpc) is 3.20. The molecule has 0 unspecified atom stereocenters. The van der Waals surface area contributed by atoms with E-state index in [1.807, 2.05) is 78.9 Å². The molecule has 0 saturated carbocycles. The molecule has 0 aliphatic rings. The van der Waals surface area contributed by atoms with E-state index in [4.69, 9.17) is 21.5 Å². The van der Waals surface area contributed by atoms with Crippen molar-refractivity contribution >= 4 is 45.1 Å². The summed E-state index contributed by atoms with van der Waals surface area (Å²) in [6.45, 7) is 0. The largest absolute Gasteiger partial charge is 0.494 e. The molecule has 0 fully saturated rings. The number of rotatable bonds is 5. The number of hydrogen-bond acceptors (Lipinski definition) is 5. The summed E-state index contributed by atoms with van der Waals surface area (Å²) in [5, 5.41) is 11.8. The molecule has 0 radical (unpaired) electrons. The molecule has 0 atom stereocenters. The van der Waals surface area contributed by atoms with Gasteiger partial charge in [0.05, 0.1) is 22.6 Å². The van der Waals surface area contributed by atoms with Gasteiger partial charge in [0.1, 0.15) is 5.71 Å². The summed E-state index contributed by atoms with van der Waals surface area (Å²) in [5.74, 6) is 0.0244. The van der Waals surface area contributed by atoms with Crippen LogP contribution in [-0.4, -0.2) is 21.5 Å². The minimum atomic E-state index is 0.0244. The van der Waals surface area contributed by atoms with Gasteiger partial charge in [-0.25, -0.2) is 9.98 Å². The number of aromatic amines is 1. The predicted molar refractivity (Wildman–Crippen MR) is 141 cm³/mol. The second kappa shape index (κ2) is 8.96. The fourth-order valence-electron chi connectivity index (χ4n) is 3.80. The highest BCUT2D eigenvalue weighted by molar-refractivity contribution is 6.56. The molecule has 0 aliphatic carbocycles. The van der Waals surface area contributed by atoms with Crippen LogP contribution in [0.4, 0.5) is 22.7 Å². The first-order chi connectivity index (χ1) is 16.6. The Bertz CT molecular complexity index is 1500. The fourth-order valence-corrected chi connectivity index (χ4v) is 3.80. The smallest absolute Gasteiger partial charge is 0.199 e. The number of aromatic nitrogens is 1. The van der Waals surface area contributed by atoms with Gasteiger partial charge >= 0.3 is 0 Å². The normalized spacial score (nSPS) is 12.2. The van der Waals surface area contributed by atoms with Crippen LogP contribution in [0.15, 0.2) is 113 Å². The van der Waals surface area contributed by atoms with E-state index < -0.39 is 0 Å². The number of nitrogens with two attached hydrogens (primary N) is 2. The molecule has 4 aromatic carbocycles. The van der Waals surface area contributed by atoms with Gasteiger partial charge in [0, 0.05) is 27.8 Å². The van der Waals surface area contributed by atoms with Crippen molar-refractivity contribution in [2.45, 2.75) is 0 Å². The van der Waals surface area contributed by atoms with E-state index in [9.17, 15) is 5.11 Å². The number of hydrogen-bond donors (Lipinski definition) is 4. The van der Waals surface area contributed by atoms with Crippen LogP contribution in [0.1, 0.15) is 11.1 Å². The summed E-state index contributed by atoms with van der Waals surface area (Å²) in [5.41, 5.74) is 17.9. The summed E-state index contributed by atoms with van der Waals surface area (Å²) in [7, 11) is 0. The van der Waals surface area contributed by atoms with Crippen molar-refractivity contribution in [3.63, 3.8) is 0 Å². The highest BCUT2D eigenvalue weighted by Gasteiger charge is 2.23. The number of fused-ring (bicyclic) bond motifs is 1. The molecule has 1 heterocycles.